The van der Waals surface area contributed by atoms with Gasteiger partial charge in [-0.05, 0) is 23.6 Å². The molecule has 0 aromatic heterocycles. The molecule has 0 amide bonds. The molecular formula is C17H18O2S. The zero-order chi connectivity index (χ0) is 14.4. The number of thioether (sulfide) groups is 1. The van der Waals surface area contributed by atoms with E-state index in [2.05, 4.69) is 19.1 Å². The van der Waals surface area contributed by atoms with Crippen molar-refractivity contribution in [1.82, 2.24) is 0 Å². The van der Waals surface area contributed by atoms with Crippen molar-refractivity contribution in [3.05, 3.63) is 71.3 Å². The van der Waals surface area contributed by atoms with Crippen molar-refractivity contribution in [3.63, 3.8) is 0 Å². The fraction of sp³-hybridized carbons (Fsp3) is 0.235. The van der Waals surface area contributed by atoms with E-state index in [4.69, 9.17) is 5.11 Å². The Morgan fingerprint density at radius 3 is 2.40 bits per heavy atom. The van der Waals surface area contributed by atoms with Crippen LogP contribution in [0.3, 0.4) is 0 Å². The Kier molecular flexibility index (Phi) is 5.24. The molecule has 1 unspecified atom stereocenters. The monoisotopic (exact) mass is 286 g/mol. The predicted molar refractivity (Wildman–Crippen MR) is 83.9 cm³/mol. The summed E-state index contributed by atoms with van der Waals surface area (Å²) in [5, 5.41) is 9.08. The molecule has 0 aliphatic carbocycles. The van der Waals surface area contributed by atoms with Gasteiger partial charge in [0.25, 0.3) is 0 Å². The van der Waals surface area contributed by atoms with Crippen LogP contribution in [0, 0.1) is 6.92 Å². The SMILES string of the molecule is Cc1ccccc1CSC(CC(=O)O)c1ccccc1. The molecule has 0 aliphatic rings. The fourth-order valence-corrected chi connectivity index (χ4v) is 3.38. The summed E-state index contributed by atoms with van der Waals surface area (Å²) in [6.45, 7) is 2.09. The lowest BCUT2D eigenvalue weighted by molar-refractivity contribution is -0.137. The number of carboxylic acids is 1. The van der Waals surface area contributed by atoms with Crippen molar-refractivity contribution < 1.29 is 9.90 Å². The van der Waals surface area contributed by atoms with Crippen LogP contribution in [0.1, 0.15) is 28.4 Å². The molecule has 2 nitrogen and oxygen atoms in total. The molecule has 0 saturated carbocycles. The zero-order valence-electron chi connectivity index (χ0n) is 11.5. The van der Waals surface area contributed by atoms with Crippen LogP contribution in [0.4, 0.5) is 0 Å². The molecule has 0 bridgehead atoms. The van der Waals surface area contributed by atoms with Gasteiger partial charge in [0.1, 0.15) is 0 Å². The Morgan fingerprint density at radius 2 is 1.75 bits per heavy atom. The molecule has 104 valence electrons. The summed E-state index contributed by atoms with van der Waals surface area (Å²) in [6, 6.07) is 18.1. The van der Waals surface area contributed by atoms with E-state index in [0.29, 0.717) is 0 Å². The molecule has 0 radical (unpaired) electrons. The van der Waals surface area contributed by atoms with E-state index in [9.17, 15) is 4.79 Å². The quantitative estimate of drug-likeness (QED) is 0.852. The lowest BCUT2D eigenvalue weighted by Gasteiger charge is -2.15. The smallest absolute Gasteiger partial charge is 0.304 e. The highest BCUT2D eigenvalue weighted by molar-refractivity contribution is 7.98. The minimum absolute atomic E-state index is 0.00620. The first-order valence-electron chi connectivity index (χ1n) is 6.59. The lowest BCUT2D eigenvalue weighted by Crippen LogP contribution is -2.04. The summed E-state index contributed by atoms with van der Waals surface area (Å²) in [5.41, 5.74) is 3.60. The van der Waals surface area contributed by atoms with Crippen LogP contribution < -0.4 is 0 Å². The van der Waals surface area contributed by atoms with Crippen LogP contribution in [-0.4, -0.2) is 11.1 Å². The van der Waals surface area contributed by atoms with Gasteiger partial charge in [-0.3, -0.25) is 4.79 Å². The van der Waals surface area contributed by atoms with E-state index >= 15 is 0 Å². The standard InChI is InChI=1S/C17H18O2S/c1-13-7-5-6-10-15(13)12-20-16(11-17(18)19)14-8-3-2-4-9-14/h2-10,16H,11-12H2,1H3,(H,18,19). The van der Waals surface area contributed by atoms with Crippen molar-refractivity contribution >= 4 is 17.7 Å². The minimum Gasteiger partial charge on any atom is -0.481 e. The van der Waals surface area contributed by atoms with Crippen molar-refractivity contribution in [2.45, 2.75) is 24.3 Å². The molecule has 1 N–H and O–H groups in total. The van der Waals surface area contributed by atoms with Crippen molar-refractivity contribution in [1.29, 1.82) is 0 Å². The summed E-state index contributed by atoms with van der Waals surface area (Å²) in [4.78, 5) is 11.0. The maximum absolute atomic E-state index is 11.0. The number of hydrogen-bond acceptors (Lipinski definition) is 2. The molecule has 0 aliphatic heterocycles. The first kappa shape index (κ1) is 14.7. The Bertz CT molecular complexity index is 566. The van der Waals surface area contributed by atoms with Gasteiger partial charge in [0.15, 0.2) is 0 Å². The van der Waals surface area contributed by atoms with E-state index in [1.54, 1.807) is 11.8 Å². The van der Waals surface area contributed by atoms with Gasteiger partial charge in [0.2, 0.25) is 0 Å². The van der Waals surface area contributed by atoms with E-state index in [1.807, 2.05) is 42.5 Å². The molecule has 3 heteroatoms. The first-order chi connectivity index (χ1) is 9.66. The highest BCUT2D eigenvalue weighted by Gasteiger charge is 2.16. The molecule has 0 fully saturated rings. The second-order valence-electron chi connectivity index (χ2n) is 4.73. The second kappa shape index (κ2) is 7.15. The molecule has 0 heterocycles. The van der Waals surface area contributed by atoms with Crippen molar-refractivity contribution in [3.8, 4) is 0 Å². The first-order valence-corrected chi connectivity index (χ1v) is 7.64. The molecule has 1 atom stereocenters. The minimum atomic E-state index is -0.754. The largest absolute Gasteiger partial charge is 0.481 e. The average Bonchev–Trinajstić information content (AvgIpc) is 2.45. The molecule has 0 saturated heterocycles. The molecule has 0 spiro atoms. The second-order valence-corrected chi connectivity index (χ2v) is 5.93. The summed E-state index contributed by atoms with van der Waals surface area (Å²) in [7, 11) is 0. The normalized spacial score (nSPS) is 12.1. The van der Waals surface area contributed by atoms with Gasteiger partial charge < -0.3 is 5.11 Å². The van der Waals surface area contributed by atoms with Gasteiger partial charge in [0, 0.05) is 11.0 Å². The number of aliphatic carboxylic acids is 1. The summed E-state index contributed by atoms with van der Waals surface area (Å²) >= 11 is 1.69. The van der Waals surface area contributed by atoms with E-state index in [0.717, 1.165) is 11.3 Å². The highest BCUT2D eigenvalue weighted by atomic mass is 32.2. The number of carboxylic acid groups (broad SMARTS) is 1. The van der Waals surface area contributed by atoms with Crippen LogP contribution in [0.5, 0.6) is 0 Å². The molecule has 2 rings (SSSR count). The molecule has 20 heavy (non-hydrogen) atoms. The average molecular weight is 286 g/mol. The van der Waals surface area contributed by atoms with Gasteiger partial charge in [0.05, 0.1) is 6.42 Å². The fourth-order valence-electron chi connectivity index (χ4n) is 2.06. The van der Waals surface area contributed by atoms with Gasteiger partial charge in [-0.15, -0.1) is 11.8 Å². The number of aryl methyl sites for hydroxylation is 1. The Hall–Kier alpha value is -1.74. The maximum atomic E-state index is 11.0. The Morgan fingerprint density at radius 1 is 1.10 bits per heavy atom. The summed E-state index contributed by atoms with van der Waals surface area (Å²) < 4.78 is 0. The third-order valence-corrected chi connectivity index (χ3v) is 4.55. The zero-order valence-corrected chi connectivity index (χ0v) is 12.3. The van der Waals surface area contributed by atoms with Gasteiger partial charge in [-0.25, -0.2) is 0 Å². The maximum Gasteiger partial charge on any atom is 0.304 e. The van der Waals surface area contributed by atoms with Crippen LogP contribution in [0.2, 0.25) is 0 Å². The number of benzene rings is 2. The van der Waals surface area contributed by atoms with Crippen LogP contribution >= 0.6 is 11.8 Å². The van der Waals surface area contributed by atoms with Crippen LogP contribution in [0.15, 0.2) is 54.6 Å². The van der Waals surface area contributed by atoms with Gasteiger partial charge >= 0.3 is 5.97 Å². The highest BCUT2D eigenvalue weighted by Crippen LogP contribution is 2.34. The van der Waals surface area contributed by atoms with E-state index in [1.165, 1.54) is 11.1 Å². The predicted octanol–water partition coefficient (Wildman–Crippen LogP) is 4.44. The number of rotatable bonds is 6. The van der Waals surface area contributed by atoms with Crippen LogP contribution in [-0.2, 0) is 10.5 Å². The number of carbonyl (C=O) groups is 1. The molecule has 2 aromatic carbocycles. The van der Waals surface area contributed by atoms with Crippen molar-refractivity contribution in [2.24, 2.45) is 0 Å². The number of hydrogen-bond donors (Lipinski definition) is 1. The van der Waals surface area contributed by atoms with Crippen LogP contribution in [0.25, 0.3) is 0 Å². The van der Waals surface area contributed by atoms with Crippen molar-refractivity contribution in [2.75, 3.05) is 0 Å². The lowest BCUT2D eigenvalue weighted by atomic mass is 10.1. The third-order valence-electron chi connectivity index (χ3n) is 3.23. The molecular weight excluding hydrogens is 268 g/mol. The molecule has 2 aromatic rings. The van der Waals surface area contributed by atoms with E-state index < -0.39 is 5.97 Å². The Balaban J connectivity index is 2.09. The summed E-state index contributed by atoms with van der Waals surface area (Å²) in [6.07, 6.45) is 0.153. The summed E-state index contributed by atoms with van der Waals surface area (Å²) in [5.74, 6) is 0.0793. The van der Waals surface area contributed by atoms with Gasteiger partial charge in [-0.2, -0.15) is 0 Å². The Labute approximate surface area is 123 Å². The van der Waals surface area contributed by atoms with E-state index in [-0.39, 0.29) is 11.7 Å². The van der Waals surface area contributed by atoms with Gasteiger partial charge in [-0.1, -0.05) is 54.6 Å². The third kappa shape index (κ3) is 4.14. The topological polar surface area (TPSA) is 37.3 Å².